The van der Waals surface area contributed by atoms with Crippen molar-refractivity contribution in [3.63, 3.8) is 0 Å². The number of ether oxygens (including phenoxy) is 3. The number of hydrogen-bond donors (Lipinski definition) is 1. The lowest BCUT2D eigenvalue weighted by atomic mass is 9.93. The van der Waals surface area contributed by atoms with E-state index in [9.17, 15) is 0 Å². The van der Waals surface area contributed by atoms with Crippen LogP contribution in [-0.2, 0) is 13.0 Å². The zero-order chi connectivity index (χ0) is 13.1. The van der Waals surface area contributed by atoms with Gasteiger partial charge in [-0.1, -0.05) is 6.92 Å². The summed E-state index contributed by atoms with van der Waals surface area (Å²) in [7, 11) is 4.97. The van der Waals surface area contributed by atoms with Crippen molar-refractivity contribution in [2.45, 2.75) is 32.4 Å². The fourth-order valence-electron chi connectivity index (χ4n) is 2.51. The summed E-state index contributed by atoms with van der Waals surface area (Å²) in [6.45, 7) is 3.04. The van der Waals surface area contributed by atoms with Crippen molar-refractivity contribution in [3.8, 4) is 17.2 Å². The summed E-state index contributed by atoms with van der Waals surface area (Å²) in [5, 5.41) is 3.51. The molecule has 2 rings (SSSR count). The average molecular weight is 251 g/mol. The summed E-state index contributed by atoms with van der Waals surface area (Å²) in [6.07, 6.45) is 2.08. The van der Waals surface area contributed by atoms with Gasteiger partial charge in [-0.3, -0.25) is 0 Å². The number of benzene rings is 1. The molecule has 0 saturated carbocycles. The highest BCUT2D eigenvalue weighted by Crippen LogP contribution is 2.43. The SMILES string of the molecule is CCC1Cc2c(cc(OC)c(OC)c2OC)CN1. The Balaban J connectivity index is 2.52. The fourth-order valence-corrected chi connectivity index (χ4v) is 2.51. The van der Waals surface area contributed by atoms with Gasteiger partial charge in [-0.15, -0.1) is 0 Å². The molecule has 1 aliphatic rings. The minimum Gasteiger partial charge on any atom is -0.493 e. The van der Waals surface area contributed by atoms with Gasteiger partial charge < -0.3 is 19.5 Å². The highest BCUT2D eigenvalue weighted by Gasteiger charge is 2.25. The first-order valence-corrected chi connectivity index (χ1v) is 6.29. The van der Waals surface area contributed by atoms with E-state index in [1.54, 1.807) is 21.3 Å². The fraction of sp³-hybridized carbons (Fsp3) is 0.571. The Morgan fingerprint density at radius 3 is 2.44 bits per heavy atom. The Morgan fingerprint density at radius 1 is 1.17 bits per heavy atom. The third-order valence-corrected chi connectivity index (χ3v) is 3.55. The van der Waals surface area contributed by atoms with Gasteiger partial charge in [0.25, 0.3) is 0 Å². The van der Waals surface area contributed by atoms with Crippen LogP contribution in [0.15, 0.2) is 6.07 Å². The van der Waals surface area contributed by atoms with E-state index in [1.165, 1.54) is 11.1 Å². The molecule has 4 heteroatoms. The third-order valence-electron chi connectivity index (χ3n) is 3.55. The molecular formula is C14H21NO3. The molecule has 0 fully saturated rings. The standard InChI is InChI=1S/C14H21NO3/c1-5-10-7-11-9(8-15-10)6-12(16-2)14(18-4)13(11)17-3/h6,10,15H,5,7-8H2,1-4H3. The number of rotatable bonds is 4. The number of methoxy groups -OCH3 is 3. The lowest BCUT2D eigenvalue weighted by molar-refractivity contribution is 0.317. The Morgan fingerprint density at radius 2 is 1.89 bits per heavy atom. The lowest BCUT2D eigenvalue weighted by Crippen LogP contribution is -2.35. The van der Waals surface area contributed by atoms with Gasteiger partial charge in [0.05, 0.1) is 21.3 Å². The molecule has 0 bridgehead atoms. The van der Waals surface area contributed by atoms with Crippen molar-refractivity contribution < 1.29 is 14.2 Å². The van der Waals surface area contributed by atoms with Gasteiger partial charge in [0, 0.05) is 18.2 Å². The van der Waals surface area contributed by atoms with E-state index in [-0.39, 0.29) is 0 Å². The van der Waals surface area contributed by atoms with Crippen molar-refractivity contribution in [1.29, 1.82) is 0 Å². The van der Waals surface area contributed by atoms with Crippen molar-refractivity contribution in [1.82, 2.24) is 5.32 Å². The van der Waals surface area contributed by atoms with E-state index in [2.05, 4.69) is 12.2 Å². The maximum Gasteiger partial charge on any atom is 0.203 e. The lowest BCUT2D eigenvalue weighted by Gasteiger charge is -2.28. The molecule has 1 N–H and O–H groups in total. The van der Waals surface area contributed by atoms with Crippen LogP contribution in [0.2, 0.25) is 0 Å². The van der Waals surface area contributed by atoms with Crippen LogP contribution in [-0.4, -0.2) is 27.4 Å². The van der Waals surface area contributed by atoms with Gasteiger partial charge in [-0.05, 0) is 24.5 Å². The first-order chi connectivity index (χ1) is 8.74. The molecule has 1 aliphatic heterocycles. The molecule has 1 heterocycles. The highest BCUT2D eigenvalue weighted by molar-refractivity contribution is 5.60. The molecule has 1 aromatic rings. The quantitative estimate of drug-likeness (QED) is 0.890. The summed E-state index contributed by atoms with van der Waals surface area (Å²) < 4.78 is 16.3. The second-order valence-corrected chi connectivity index (χ2v) is 4.47. The van der Waals surface area contributed by atoms with E-state index in [0.717, 1.165) is 30.9 Å². The highest BCUT2D eigenvalue weighted by atomic mass is 16.5. The number of fused-ring (bicyclic) bond motifs is 1. The molecule has 0 amide bonds. The number of nitrogens with one attached hydrogen (secondary N) is 1. The molecule has 0 aliphatic carbocycles. The molecule has 0 saturated heterocycles. The van der Waals surface area contributed by atoms with Crippen LogP contribution < -0.4 is 19.5 Å². The van der Waals surface area contributed by atoms with Gasteiger partial charge in [0.1, 0.15) is 0 Å². The Hall–Kier alpha value is -1.42. The molecule has 1 unspecified atom stereocenters. The zero-order valence-electron chi connectivity index (χ0n) is 11.5. The van der Waals surface area contributed by atoms with E-state index in [1.807, 2.05) is 6.07 Å². The smallest absolute Gasteiger partial charge is 0.203 e. The molecule has 0 radical (unpaired) electrons. The van der Waals surface area contributed by atoms with Crippen LogP contribution in [0.3, 0.4) is 0 Å². The maximum atomic E-state index is 5.54. The van der Waals surface area contributed by atoms with Crippen molar-refractivity contribution in [2.24, 2.45) is 0 Å². The van der Waals surface area contributed by atoms with Gasteiger partial charge in [0.15, 0.2) is 11.5 Å². The topological polar surface area (TPSA) is 39.7 Å². The predicted molar refractivity (Wildman–Crippen MR) is 70.7 cm³/mol. The molecule has 1 aromatic carbocycles. The molecule has 100 valence electrons. The second kappa shape index (κ2) is 5.48. The minimum absolute atomic E-state index is 0.504. The van der Waals surface area contributed by atoms with E-state index in [0.29, 0.717) is 11.8 Å². The summed E-state index contributed by atoms with van der Waals surface area (Å²) in [5.41, 5.74) is 2.47. The van der Waals surface area contributed by atoms with Gasteiger partial charge in [0.2, 0.25) is 5.75 Å². The van der Waals surface area contributed by atoms with E-state index >= 15 is 0 Å². The molecule has 0 spiro atoms. The van der Waals surface area contributed by atoms with E-state index in [4.69, 9.17) is 14.2 Å². The van der Waals surface area contributed by atoms with Gasteiger partial charge >= 0.3 is 0 Å². The maximum absolute atomic E-state index is 5.54. The zero-order valence-corrected chi connectivity index (χ0v) is 11.5. The van der Waals surface area contributed by atoms with Crippen molar-refractivity contribution >= 4 is 0 Å². The molecule has 4 nitrogen and oxygen atoms in total. The first-order valence-electron chi connectivity index (χ1n) is 6.29. The summed E-state index contributed by atoms with van der Waals surface area (Å²) >= 11 is 0. The summed E-state index contributed by atoms with van der Waals surface area (Å²) in [5.74, 6) is 2.23. The van der Waals surface area contributed by atoms with Crippen LogP contribution in [0, 0.1) is 0 Å². The normalized spacial score (nSPS) is 18.1. The predicted octanol–water partition coefficient (Wildman–Crippen LogP) is 2.14. The van der Waals surface area contributed by atoms with Crippen molar-refractivity contribution in [2.75, 3.05) is 21.3 Å². The monoisotopic (exact) mass is 251 g/mol. The van der Waals surface area contributed by atoms with Crippen LogP contribution in [0.4, 0.5) is 0 Å². The van der Waals surface area contributed by atoms with Crippen LogP contribution >= 0.6 is 0 Å². The van der Waals surface area contributed by atoms with Crippen LogP contribution in [0.5, 0.6) is 17.2 Å². The molecule has 18 heavy (non-hydrogen) atoms. The van der Waals surface area contributed by atoms with Gasteiger partial charge in [-0.25, -0.2) is 0 Å². The Labute approximate surface area is 108 Å². The third kappa shape index (κ3) is 2.12. The van der Waals surface area contributed by atoms with Gasteiger partial charge in [-0.2, -0.15) is 0 Å². The largest absolute Gasteiger partial charge is 0.493 e. The Kier molecular flexibility index (Phi) is 3.97. The van der Waals surface area contributed by atoms with E-state index < -0.39 is 0 Å². The number of hydrogen-bond acceptors (Lipinski definition) is 4. The van der Waals surface area contributed by atoms with Crippen molar-refractivity contribution in [3.05, 3.63) is 17.2 Å². The molecule has 0 aromatic heterocycles. The second-order valence-electron chi connectivity index (χ2n) is 4.47. The van der Waals surface area contributed by atoms with Crippen LogP contribution in [0.25, 0.3) is 0 Å². The minimum atomic E-state index is 0.504. The average Bonchev–Trinajstić information content (AvgIpc) is 2.44. The summed E-state index contributed by atoms with van der Waals surface area (Å²) in [4.78, 5) is 0. The Bertz CT molecular complexity index is 432. The summed E-state index contributed by atoms with van der Waals surface area (Å²) in [6, 6.07) is 2.54. The van der Waals surface area contributed by atoms with Crippen LogP contribution in [0.1, 0.15) is 24.5 Å². The molecule has 1 atom stereocenters. The first kappa shape index (κ1) is 13.0. The molecular weight excluding hydrogens is 230 g/mol.